The van der Waals surface area contributed by atoms with E-state index in [2.05, 4.69) is 33.0 Å². The van der Waals surface area contributed by atoms with Crippen LogP contribution >= 0.6 is 0 Å². The minimum Gasteiger partial charge on any atom is -0.331 e. The number of nitrogens with one attached hydrogen (secondary N) is 1. The minimum absolute atomic E-state index is 0.148. The number of imidazole rings is 1. The first-order valence-corrected chi connectivity index (χ1v) is 9.78. The molecule has 1 aromatic rings. The number of hydrogen-bond acceptors (Lipinski definition) is 4. The zero-order chi connectivity index (χ0) is 16.2. The quantitative estimate of drug-likeness (QED) is 0.826. The van der Waals surface area contributed by atoms with Gasteiger partial charge in [0.2, 0.25) is 10.0 Å². The topological polar surface area (TPSA) is 67.2 Å². The molecule has 22 heavy (non-hydrogen) atoms. The van der Waals surface area contributed by atoms with Gasteiger partial charge < -0.3 is 4.57 Å². The van der Waals surface area contributed by atoms with Crippen LogP contribution in [0.25, 0.3) is 0 Å². The van der Waals surface area contributed by atoms with Crippen molar-refractivity contribution in [1.82, 2.24) is 19.2 Å². The van der Waals surface area contributed by atoms with Crippen LogP contribution in [0.15, 0.2) is 12.4 Å². The van der Waals surface area contributed by atoms with Crippen molar-refractivity contribution in [3.63, 3.8) is 0 Å². The molecule has 1 N–H and O–H groups in total. The Morgan fingerprint density at radius 1 is 1.45 bits per heavy atom. The normalized spacial score (nSPS) is 20.6. The van der Waals surface area contributed by atoms with Gasteiger partial charge in [-0.3, -0.25) is 4.90 Å². The Bertz CT molecular complexity index is 568. The number of piperidine rings is 1. The lowest BCUT2D eigenvalue weighted by atomic mass is 9.98. The first-order valence-electron chi connectivity index (χ1n) is 8.12. The molecule has 0 amide bonds. The summed E-state index contributed by atoms with van der Waals surface area (Å²) in [7, 11) is -3.09. The third-order valence-electron chi connectivity index (χ3n) is 4.25. The maximum Gasteiger partial charge on any atom is 0.211 e. The van der Waals surface area contributed by atoms with Crippen LogP contribution in [-0.2, 0) is 16.6 Å². The van der Waals surface area contributed by atoms with Crippen LogP contribution in [0.3, 0.4) is 0 Å². The summed E-state index contributed by atoms with van der Waals surface area (Å²) in [6.07, 6.45) is 6.07. The highest BCUT2D eigenvalue weighted by molar-refractivity contribution is 7.89. The highest BCUT2D eigenvalue weighted by atomic mass is 32.2. The molecule has 2 rings (SSSR count). The van der Waals surface area contributed by atoms with Gasteiger partial charge in [0, 0.05) is 31.5 Å². The predicted molar refractivity (Wildman–Crippen MR) is 88.1 cm³/mol. The van der Waals surface area contributed by atoms with E-state index >= 15 is 0 Å². The number of likely N-dealkylation sites (tertiary alicyclic amines) is 1. The van der Waals surface area contributed by atoms with Crippen LogP contribution in [0.4, 0.5) is 0 Å². The van der Waals surface area contributed by atoms with Crippen molar-refractivity contribution in [3.8, 4) is 0 Å². The van der Waals surface area contributed by atoms with E-state index in [1.54, 1.807) is 6.92 Å². The molecule has 2 heterocycles. The van der Waals surface area contributed by atoms with E-state index in [-0.39, 0.29) is 5.75 Å². The molecule has 0 radical (unpaired) electrons. The molecule has 0 spiro atoms. The van der Waals surface area contributed by atoms with Crippen molar-refractivity contribution in [2.75, 3.05) is 25.4 Å². The number of nitrogens with zero attached hydrogens (tertiary/aromatic N) is 3. The molecule has 1 aliphatic heterocycles. The van der Waals surface area contributed by atoms with E-state index in [1.165, 1.54) is 0 Å². The predicted octanol–water partition coefficient (Wildman–Crippen LogP) is 1.62. The zero-order valence-electron chi connectivity index (χ0n) is 13.8. The number of hydrogen-bond donors (Lipinski definition) is 1. The molecule has 1 atom stereocenters. The molecule has 0 saturated carbocycles. The Morgan fingerprint density at radius 2 is 2.23 bits per heavy atom. The molecule has 1 aliphatic rings. The van der Waals surface area contributed by atoms with Gasteiger partial charge in [0.15, 0.2) is 0 Å². The Balaban J connectivity index is 1.89. The summed E-state index contributed by atoms with van der Waals surface area (Å²) in [5.41, 5.74) is 0. The number of sulfonamides is 1. The van der Waals surface area contributed by atoms with Crippen LogP contribution in [0.2, 0.25) is 0 Å². The van der Waals surface area contributed by atoms with Gasteiger partial charge in [-0.25, -0.2) is 18.1 Å². The average Bonchev–Trinajstić information content (AvgIpc) is 2.94. The Morgan fingerprint density at radius 3 is 2.91 bits per heavy atom. The second-order valence-electron chi connectivity index (χ2n) is 6.34. The summed E-state index contributed by atoms with van der Waals surface area (Å²) in [6, 6.07) is 0.412. The van der Waals surface area contributed by atoms with Crippen LogP contribution in [0.5, 0.6) is 0 Å². The van der Waals surface area contributed by atoms with E-state index in [1.807, 2.05) is 12.4 Å². The van der Waals surface area contributed by atoms with Gasteiger partial charge in [0.25, 0.3) is 0 Å². The van der Waals surface area contributed by atoms with E-state index < -0.39 is 10.0 Å². The molecular formula is C15H28N4O2S. The first-order chi connectivity index (χ1) is 10.4. The van der Waals surface area contributed by atoms with Gasteiger partial charge in [-0.2, -0.15) is 0 Å². The number of rotatable bonds is 7. The van der Waals surface area contributed by atoms with Crippen LogP contribution in [0.1, 0.15) is 45.5 Å². The summed E-state index contributed by atoms with van der Waals surface area (Å²) in [5, 5.41) is 0. The molecule has 0 bridgehead atoms. The molecule has 1 aromatic heterocycles. The summed E-state index contributed by atoms with van der Waals surface area (Å²) in [6.45, 7) is 9.35. The van der Waals surface area contributed by atoms with Gasteiger partial charge in [-0.1, -0.05) is 0 Å². The molecule has 1 fully saturated rings. The van der Waals surface area contributed by atoms with Crippen molar-refractivity contribution >= 4 is 10.0 Å². The van der Waals surface area contributed by atoms with Crippen LogP contribution < -0.4 is 4.72 Å². The largest absolute Gasteiger partial charge is 0.331 e. The maximum atomic E-state index is 11.6. The van der Waals surface area contributed by atoms with Gasteiger partial charge >= 0.3 is 0 Å². The van der Waals surface area contributed by atoms with Crippen molar-refractivity contribution in [3.05, 3.63) is 18.2 Å². The lowest BCUT2D eigenvalue weighted by Crippen LogP contribution is -2.41. The van der Waals surface area contributed by atoms with Gasteiger partial charge in [0.1, 0.15) is 5.82 Å². The fourth-order valence-electron chi connectivity index (χ4n) is 2.94. The molecule has 0 aliphatic carbocycles. The third kappa shape index (κ3) is 4.79. The smallest absolute Gasteiger partial charge is 0.211 e. The van der Waals surface area contributed by atoms with Crippen LogP contribution in [0, 0.1) is 5.92 Å². The standard InChI is InChI=1S/C15H28N4O2S/c1-4-22(20,21)17-10-14-6-5-8-18(11-14)12-15-16-7-9-19(15)13(2)3/h7,9,13-14,17H,4-6,8,10-12H2,1-3H3. The number of aromatic nitrogens is 2. The third-order valence-corrected chi connectivity index (χ3v) is 5.61. The SMILES string of the molecule is CCS(=O)(=O)NCC1CCCN(Cc2nccn2C(C)C)C1. The monoisotopic (exact) mass is 328 g/mol. The molecular weight excluding hydrogens is 300 g/mol. The highest BCUT2D eigenvalue weighted by Crippen LogP contribution is 2.19. The fourth-order valence-corrected chi connectivity index (χ4v) is 3.64. The van der Waals surface area contributed by atoms with Crippen molar-refractivity contribution < 1.29 is 8.42 Å². The van der Waals surface area contributed by atoms with E-state index in [0.29, 0.717) is 18.5 Å². The molecule has 1 saturated heterocycles. The molecule has 0 aromatic carbocycles. The summed E-state index contributed by atoms with van der Waals surface area (Å²) < 4.78 is 28.0. The van der Waals surface area contributed by atoms with Crippen molar-refractivity contribution in [2.24, 2.45) is 5.92 Å². The molecule has 6 nitrogen and oxygen atoms in total. The molecule has 1 unspecified atom stereocenters. The van der Waals surface area contributed by atoms with Gasteiger partial charge in [-0.15, -0.1) is 0 Å². The first kappa shape index (κ1) is 17.4. The lowest BCUT2D eigenvalue weighted by Gasteiger charge is -2.32. The molecule has 7 heteroatoms. The summed E-state index contributed by atoms with van der Waals surface area (Å²) in [4.78, 5) is 6.85. The second-order valence-corrected chi connectivity index (χ2v) is 8.44. The van der Waals surface area contributed by atoms with E-state index in [9.17, 15) is 8.42 Å². The fraction of sp³-hybridized carbons (Fsp3) is 0.800. The second kappa shape index (κ2) is 7.57. The van der Waals surface area contributed by atoms with Gasteiger partial charge in [-0.05, 0) is 46.1 Å². The highest BCUT2D eigenvalue weighted by Gasteiger charge is 2.22. The molecule has 126 valence electrons. The van der Waals surface area contributed by atoms with E-state index in [4.69, 9.17) is 0 Å². The van der Waals surface area contributed by atoms with E-state index in [0.717, 1.165) is 38.3 Å². The Hall–Kier alpha value is -0.920. The zero-order valence-corrected chi connectivity index (χ0v) is 14.6. The van der Waals surface area contributed by atoms with Gasteiger partial charge in [0.05, 0.1) is 12.3 Å². The minimum atomic E-state index is -3.09. The summed E-state index contributed by atoms with van der Waals surface area (Å²) in [5.74, 6) is 1.62. The maximum absolute atomic E-state index is 11.6. The van der Waals surface area contributed by atoms with Crippen molar-refractivity contribution in [1.29, 1.82) is 0 Å². The lowest BCUT2D eigenvalue weighted by molar-refractivity contribution is 0.163. The average molecular weight is 328 g/mol. The Kier molecular flexibility index (Phi) is 6.00. The van der Waals surface area contributed by atoms with Crippen molar-refractivity contribution in [2.45, 2.75) is 46.2 Å². The van der Waals surface area contributed by atoms with Crippen LogP contribution in [-0.4, -0.2) is 48.3 Å². The summed E-state index contributed by atoms with van der Waals surface area (Å²) >= 11 is 0. The Labute approximate surface area is 134 Å².